The predicted molar refractivity (Wildman–Crippen MR) is 73.5 cm³/mol. The molecule has 0 saturated heterocycles. The number of nitrogens with one attached hydrogen (secondary N) is 1. The van der Waals surface area contributed by atoms with Crippen LogP contribution in [0.1, 0.15) is 18.5 Å². The Bertz CT molecular complexity index is 493. The number of para-hydroxylation sites is 1. The van der Waals surface area contributed by atoms with E-state index < -0.39 is 0 Å². The maximum absolute atomic E-state index is 4.19. The molecule has 1 atom stereocenters. The Morgan fingerprint density at radius 3 is 2.76 bits per heavy atom. The Balaban J connectivity index is 2.15. The lowest BCUT2D eigenvalue weighted by molar-refractivity contribution is 0.765. The second-order valence-corrected chi connectivity index (χ2v) is 4.86. The van der Waals surface area contributed by atoms with E-state index in [1.807, 2.05) is 24.1 Å². The van der Waals surface area contributed by atoms with Crippen molar-refractivity contribution < 1.29 is 0 Å². The van der Waals surface area contributed by atoms with Crippen LogP contribution in [-0.2, 0) is 7.05 Å². The minimum absolute atomic E-state index is 0.261. The summed E-state index contributed by atoms with van der Waals surface area (Å²) in [5.41, 5.74) is 2.37. The lowest BCUT2D eigenvalue weighted by Gasteiger charge is -2.16. The smallest absolute Gasteiger partial charge is 0.0542 e. The molecule has 0 aliphatic rings. The van der Waals surface area contributed by atoms with Gasteiger partial charge in [0.25, 0.3) is 0 Å². The van der Waals surface area contributed by atoms with Gasteiger partial charge in [-0.2, -0.15) is 5.10 Å². The Labute approximate surface area is 106 Å². The molecule has 0 radical (unpaired) electrons. The van der Waals surface area contributed by atoms with Gasteiger partial charge in [-0.1, -0.05) is 12.1 Å². The van der Waals surface area contributed by atoms with E-state index in [0.29, 0.717) is 0 Å². The van der Waals surface area contributed by atoms with Crippen molar-refractivity contribution in [2.45, 2.75) is 17.9 Å². The lowest BCUT2D eigenvalue weighted by atomic mass is 10.2. The third-order valence-electron chi connectivity index (χ3n) is 2.70. The van der Waals surface area contributed by atoms with E-state index in [0.717, 1.165) is 0 Å². The van der Waals surface area contributed by atoms with Gasteiger partial charge in [-0.15, -0.1) is 11.8 Å². The van der Waals surface area contributed by atoms with Gasteiger partial charge in [-0.3, -0.25) is 4.68 Å². The number of thioether (sulfide) groups is 1. The Morgan fingerprint density at radius 2 is 2.12 bits per heavy atom. The molecule has 1 aromatic carbocycles. The first kappa shape index (κ1) is 12.0. The Kier molecular flexibility index (Phi) is 3.74. The van der Waals surface area contributed by atoms with Crippen molar-refractivity contribution in [3.05, 3.63) is 42.2 Å². The SMILES string of the molecule is CSc1ccccc1NC(C)c1cnn(C)c1. The van der Waals surface area contributed by atoms with Gasteiger partial charge in [0, 0.05) is 29.4 Å². The predicted octanol–water partition coefficient (Wildman–Crippen LogP) is 3.32. The highest BCUT2D eigenvalue weighted by molar-refractivity contribution is 7.98. The number of rotatable bonds is 4. The summed E-state index contributed by atoms with van der Waals surface area (Å²) >= 11 is 1.75. The molecular weight excluding hydrogens is 230 g/mol. The van der Waals surface area contributed by atoms with E-state index in [-0.39, 0.29) is 6.04 Å². The van der Waals surface area contributed by atoms with E-state index in [1.54, 1.807) is 11.8 Å². The molecule has 0 bridgehead atoms. The van der Waals surface area contributed by atoms with E-state index in [1.165, 1.54) is 16.1 Å². The first-order valence-electron chi connectivity index (χ1n) is 5.59. The molecule has 0 fully saturated rings. The number of hydrogen-bond acceptors (Lipinski definition) is 3. The van der Waals surface area contributed by atoms with Gasteiger partial charge in [-0.05, 0) is 25.3 Å². The third-order valence-corrected chi connectivity index (χ3v) is 3.50. The highest BCUT2D eigenvalue weighted by Gasteiger charge is 2.09. The van der Waals surface area contributed by atoms with Gasteiger partial charge in [-0.25, -0.2) is 0 Å². The van der Waals surface area contributed by atoms with E-state index in [4.69, 9.17) is 0 Å². The van der Waals surface area contributed by atoms with E-state index in [2.05, 4.69) is 47.9 Å². The second kappa shape index (κ2) is 5.27. The molecule has 4 heteroatoms. The van der Waals surface area contributed by atoms with Crippen molar-refractivity contribution in [3.63, 3.8) is 0 Å². The zero-order valence-corrected chi connectivity index (χ0v) is 11.2. The topological polar surface area (TPSA) is 29.9 Å². The molecule has 2 aromatic rings. The van der Waals surface area contributed by atoms with Crippen LogP contribution in [0.4, 0.5) is 5.69 Å². The van der Waals surface area contributed by atoms with Crippen LogP contribution in [0.5, 0.6) is 0 Å². The normalized spacial score (nSPS) is 12.4. The minimum atomic E-state index is 0.261. The van der Waals surface area contributed by atoms with Gasteiger partial charge >= 0.3 is 0 Å². The van der Waals surface area contributed by atoms with Crippen LogP contribution < -0.4 is 5.32 Å². The van der Waals surface area contributed by atoms with Crippen molar-refractivity contribution in [2.75, 3.05) is 11.6 Å². The van der Waals surface area contributed by atoms with Crippen LogP contribution in [0.3, 0.4) is 0 Å². The average molecular weight is 247 g/mol. The fourth-order valence-corrected chi connectivity index (χ4v) is 2.31. The first-order valence-corrected chi connectivity index (χ1v) is 6.81. The largest absolute Gasteiger partial charge is 0.377 e. The molecular formula is C13H17N3S. The summed E-state index contributed by atoms with van der Waals surface area (Å²) in [5, 5.41) is 7.71. The highest BCUT2D eigenvalue weighted by atomic mass is 32.2. The summed E-state index contributed by atoms with van der Waals surface area (Å²) in [4.78, 5) is 1.27. The van der Waals surface area contributed by atoms with Gasteiger partial charge in [0.2, 0.25) is 0 Å². The van der Waals surface area contributed by atoms with E-state index >= 15 is 0 Å². The summed E-state index contributed by atoms with van der Waals surface area (Å²) in [6, 6.07) is 8.61. The minimum Gasteiger partial charge on any atom is -0.377 e. The van der Waals surface area contributed by atoms with Crippen LogP contribution in [0.2, 0.25) is 0 Å². The summed E-state index contributed by atoms with van der Waals surface area (Å²) in [6.45, 7) is 2.15. The van der Waals surface area contributed by atoms with Gasteiger partial charge < -0.3 is 5.32 Å². The summed E-state index contributed by atoms with van der Waals surface area (Å²) in [6.07, 6.45) is 6.04. The van der Waals surface area contributed by atoms with Crippen molar-refractivity contribution in [1.82, 2.24) is 9.78 Å². The molecule has 1 unspecified atom stereocenters. The quantitative estimate of drug-likeness (QED) is 0.841. The summed E-state index contributed by atoms with van der Waals surface area (Å²) in [7, 11) is 1.94. The number of aromatic nitrogens is 2. The fraction of sp³-hybridized carbons (Fsp3) is 0.308. The number of hydrogen-bond donors (Lipinski definition) is 1. The fourth-order valence-electron chi connectivity index (χ4n) is 1.74. The molecule has 0 aliphatic carbocycles. The second-order valence-electron chi connectivity index (χ2n) is 4.01. The van der Waals surface area contributed by atoms with Crippen LogP contribution in [0.15, 0.2) is 41.6 Å². The number of aryl methyl sites for hydroxylation is 1. The molecule has 1 aromatic heterocycles. The van der Waals surface area contributed by atoms with Gasteiger partial charge in [0.1, 0.15) is 0 Å². The number of benzene rings is 1. The number of nitrogens with zero attached hydrogens (tertiary/aromatic N) is 2. The zero-order chi connectivity index (χ0) is 12.3. The summed E-state index contributed by atoms with van der Waals surface area (Å²) < 4.78 is 1.83. The standard InChI is InChI=1S/C13H17N3S/c1-10(11-8-14-16(2)9-11)15-12-6-4-5-7-13(12)17-3/h4-10,15H,1-3H3. The van der Waals surface area contributed by atoms with Crippen molar-refractivity contribution in [3.8, 4) is 0 Å². The Morgan fingerprint density at radius 1 is 1.35 bits per heavy atom. The maximum Gasteiger partial charge on any atom is 0.0542 e. The summed E-state index contributed by atoms with van der Waals surface area (Å²) in [5.74, 6) is 0. The molecule has 17 heavy (non-hydrogen) atoms. The van der Waals surface area contributed by atoms with Crippen molar-refractivity contribution in [1.29, 1.82) is 0 Å². The lowest BCUT2D eigenvalue weighted by Crippen LogP contribution is -2.06. The van der Waals surface area contributed by atoms with Gasteiger partial charge in [0.15, 0.2) is 0 Å². The average Bonchev–Trinajstić information content (AvgIpc) is 2.77. The van der Waals surface area contributed by atoms with Crippen LogP contribution >= 0.6 is 11.8 Å². The van der Waals surface area contributed by atoms with Gasteiger partial charge in [0.05, 0.1) is 12.2 Å². The molecule has 3 nitrogen and oxygen atoms in total. The molecule has 0 spiro atoms. The maximum atomic E-state index is 4.19. The van der Waals surface area contributed by atoms with Crippen molar-refractivity contribution >= 4 is 17.4 Å². The molecule has 90 valence electrons. The molecule has 0 saturated carbocycles. The van der Waals surface area contributed by atoms with E-state index in [9.17, 15) is 0 Å². The molecule has 1 N–H and O–H groups in total. The van der Waals surface area contributed by atoms with Crippen LogP contribution in [-0.4, -0.2) is 16.0 Å². The van der Waals surface area contributed by atoms with Crippen LogP contribution in [0, 0.1) is 0 Å². The number of anilines is 1. The first-order chi connectivity index (χ1) is 8.20. The Hall–Kier alpha value is -1.42. The van der Waals surface area contributed by atoms with Crippen LogP contribution in [0.25, 0.3) is 0 Å². The highest BCUT2D eigenvalue weighted by Crippen LogP contribution is 2.28. The van der Waals surface area contributed by atoms with Crippen molar-refractivity contribution in [2.24, 2.45) is 7.05 Å². The molecule has 2 rings (SSSR count). The zero-order valence-electron chi connectivity index (χ0n) is 10.3. The monoisotopic (exact) mass is 247 g/mol. The third kappa shape index (κ3) is 2.82. The molecule has 0 amide bonds. The molecule has 1 heterocycles. The molecule has 0 aliphatic heterocycles.